The highest BCUT2D eigenvalue weighted by molar-refractivity contribution is 6.14. The number of ether oxygens (including phenoxy) is 2. The van der Waals surface area contributed by atoms with Gasteiger partial charge < -0.3 is 9.47 Å². The molecule has 0 aliphatic carbocycles. The van der Waals surface area contributed by atoms with Crippen molar-refractivity contribution in [1.82, 2.24) is 0 Å². The van der Waals surface area contributed by atoms with Gasteiger partial charge in [0.2, 0.25) is 0 Å². The predicted octanol–water partition coefficient (Wildman–Crippen LogP) is 3.98. The topological polar surface area (TPSA) is 47.9 Å². The van der Waals surface area contributed by atoms with E-state index >= 15 is 0 Å². The molecule has 0 saturated carbocycles. The van der Waals surface area contributed by atoms with Crippen LogP contribution in [0.5, 0.6) is 5.75 Å². The number of hydrogen-bond acceptors (Lipinski definition) is 4. The summed E-state index contributed by atoms with van der Waals surface area (Å²) < 4.78 is 10.2. The van der Waals surface area contributed by atoms with E-state index < -0.39 is 6.04 Å². The molecule has 0 amide bonds. The van der Waals surface area contributed by atoms with Crippen molar-refractivity contribution in [2.75, 3.05) is 14.2 Å². The SMILES string of the molecule is COC(=O)[C@@H]1N=C(c2ccc(OC)cc2)[C@@H]1c1cccc2ccccc12. The Balaban J connectivity index is 1.82. The maximum atomic E-state index is 12.2. The molecular weight excluding hydrogens is 326 g/mol. The number of carbonyl (C=O) groups excluding carboxylic acids is 1. The second kappa shape index (κ2) is 6.64. The summed E-state index contributed by atoms with van der Waals surface area (Å²) >= 11 is 0. The molecular formula is C22H19NO3. The lowest BCUT2D eigenvalue weighted by Crippen LogP contribution is -2.42. The Morgan fingerprint density at radius 2 is 1.65 bits per heavy atom. The predicted molar refractivity (Wildman–Crippen MR) is 102 cm³/mol. The van der Waals surface area contributed by atoms with Crippen molar-refractivity contribution >= 4 is 22.5 Å². The molecule has 1 aliphatic rings. The zero-order valence-electron chi connectivity index (χ0n) is 14.7. The highest BCUT2D eigenvalue weighted by Gasteiger charge is 2.42. The molecule has 26 heavy (non-hydrogen) atoms. The van der Waals surface area contributed by atoms with E-state index in [0.717, 1.165) is 33.4 Å². The average Bonchev–Trinajstić information content (AvgIpc) is 2.68. The molecule has 130 valence electrons. The molecule has 3 aromatic carbocycles. The zero-order valence-corrected chi connectivity index (χ0v) is 14.7. The van der Waals surface area contributed by atoms with E-state index in [2.05, 4.69) is 29.3 Å². The van der Waals surface area contributed by atoms with Gasteiger partial charge in [-0.3, -0.25) is 4.99 Å². The van der Waals surface area contributed by atoms with Crippen molar-refractivity contribution < 1.29 is 14.3 Å². The number of carbonyl (C=O) groups is 1. The minimum Gasteiger partial charge on any atom is -0.497 e. The third-order valence-corrected chi connectivity index (χ3v) is 4.88. The van der Waals surface area contributed by atoms with Gasteiger partial charge in [0.05, 0.1) is 25.8 Å². The minimum absolute atomic E-state index is 0.123. The van der Waals surface area contributed by atoms with Crippen LogP contribution in [0.3, 0.4) is 0 Å². The van der Waals surface area contributed by atoms with Crippen LogP contribution < -0.4 is 4.74 Å². The van der Waals surface area contributed by atoms with Crippen molar-refractivity contribution in [1.29, 1.82) is 0 Å². The van der Waals surface area contributed by atoms with Crippen LogP contribution >= 0.6 is 0 Å². The fourth-order valence-electron chi connectivity index (χ4n) is 3.54. The van der Waals surface area contributed by atoms with E-state index in [-0.39, 0.29) is 11.9 Å². The van der Waals surface area contributed by atoms with E-state index in [0.29, 0.717) is 0 Å². The van der Waals surface area contributed by atoms with Gasteiger partial charge >= 0.3 is 5.97 Å². The third-order valence-electron chi connectivity index (χ3n) is 4.88. The number of methoxy groups -OCH3 is 2. The Labute approximate surface area is 152 Å². The van der Waals surface area contributed by atoms with Crippen molar-refractivity contribution in [2.45, 2.75) is 12.0 Å². The maximum absolute atomic E-state index is 12.2. The van der Waals surface area contributed by atoms with Crippen LogP contribution in [0.1, 0.15) is 17.0 Å². The quantitative estimate of drug-likeness (QED) is 0.672. The van der Waals surface area contributed by atoms with Gasteiger partial charge in [-0.05, 0) is 46.2 Å². The van der Waals surface area contributed by atoms with E-state index in [9.17, 15) is 4.79 Å². The first-order valence-electron chi connectivity index (χ1n) is 8.50. The molecule has 0 N–H and O–H groups in total. The van der Waals surface area contributed by atoms with E-state index in [4.69, 9.17) is 9.47 Å². The summed E-state index contributed by atoms with van der Waals surface area (Å²) in [5, 5.41) is 2.28. The highest BCUT2D eigenvalue weighted by Crippen LogP contribution is 2.39. The van der Waals surface area contributed by atoms with Gasteiger partial charge in [-0.1, -0.05) is 42.5 Å². The summed E-state index contributed by atoms with van der Waals surface area (Å²) in [6.45, 7) is 0. The summed E-state index contributed by atoms with van der Waals surface area (Å²) in [5.74, 6) is 0.363. The lowest BCUT2D eigenvalue weighted by Gasteiger charge is -2.34. The number of benzene rings is 3. The van der Waals surface area contributed by atoms with Gasteiger partial charge in [-0.25, -0.2) is 4.79 Å². The number of aliphatic imine (C=N–C) groups is 1. The molecule has 2 atom stereocenters. The molecule has 0 radical (unpaired) electrons. The smallest absolute Gasteiger partial charge is 0.331 e. The Morgan fingerprint density at radius 3 is 2.38 bits per heavy atom. The molecule has 0 aromatic heterocycles. The van der Waals surface area contributed by atoms with Gasteiger partial charge in [0, 0.05) is 0 Å². The molecule has 0 saturated heterocycles. The standard InChI is InChI=1S/C22H19NO3/c1-25-16-12-10-15(11-13-16)20-19(21(23-20)22(24)26-2)18-9-5-7-14-6-3-4-8-17(14)18/h3-13,19,21H,1-2H3/t19-,21+/m0/s1. The summed E-state index contributed by atoms with van der Waals surface area (Å²) in [4.78, 5) is 16.8. The molecule has 3 aromatic rings. The minimum atomic E-state index is -0.511. The van der Waals surface area contributed by atoms with Crippen LogP contribution in [0.2, 0.25) is 0 Å². The van der Waals surface area contributed by atoms with Crippen LogP contribution in [-0.4, -0.2) is 31.9 Å². The Bertz CT molecular complexity index is 986. The van der Waals surface area contributed by atoms with Crippen LogP contribution in [0.4, 0.5) is 0 Å². The van der Waals surface area contributed by atoms with Gasteiger partial charge in [-0.15, -0.1) is 0 Å². The zero-order chi connectivity index (χ0) is 18.1. The summed E-state index contributed by atoms with van der Waals surface area (Å²) in [6, 6.07) is 21.6. The first-order valence-corrected chi connectivity index (χ1v) is 8.50. The summed E-state index contributed by atoms with van der Waals surface area (Å²) in [7, 11) is 3.05. The molecule has 4 heteroatoms. The summed E-state index contributed by atoms with van der Waals surface area (Å²) in [6.07, 6.45) is 0. The lowest BCUT2D eigenvalue weighted by molar-refractivity contribution is -0.142. The van der Waals surface area contributed by atoms with E-state index in [1.807, 2.05) is 42.5 Å². The second-order valence-electron chi connectivity index (χ2n) is 6.26. The second-order valence-corrected chi connectivity index (χ2v) is 6.26. The molecule has 0 bridgehead atoms. The van der Waals surface area contributed by atoms with Gasteiger partial charge in [0.15, 0.2) is 6.04 Å². The first kappa shape index (κ1) is 16.3. The number of esters is 1. The molecule has 4 nitrogen and oxygen atoms in total. The van der Waals surface area contributed by atoms with Crippen molar-refractivity contribution in [3.8, 4) is 5.75 Å². The van der Waals surface area contributed by atoms with Gasteiger partial charge in [-0.2, -0.15) is 0 Å². The fourth-order valence-corrected chi connectivity index (χ4v) is 3.54. The number of fused-ring (bicyclic) bond motifs is 1. The van der Waals surface area contributed by atoms with Crippen molar-refractivity contribution in [3.63, 3.8) is 0 Å². The highest BCUT2D eigenvalue weighted by atomic mass is 16.5. The Kier molecular flexibility index (Phi) is 4.17. The van der Waals surface area contributed by atoms with Crippen molar-refractivity contribution in [3.05, 3.63) is 77.9 Å². The molecule has 0 fully saturated rings. The molecule has 1 aliphatic heterocycles. The summed E-state index contributed by atoms with van der Waals surface area (Å²) in [5.41, 5.74) is 2.99. The van der Waals surface area contributed by atoms with Crippen LogP contribution in [-0.2, 0) is 9.53 Å². The van der Waals surface area contributed by atoms with E-state index in [1.54, 1.807) is 7.11 Å². The third kappa shape index (κ3) is 2.64. The monoisotopic (exact) mass is 345 g/mol. The fraction of sp³-hybridized carbons (Fsp3) is 0.182. The molecule has 0 unspecified atom stereocenters. The molecule has 0 spiro atoms. The number of hydrogen-bond donors (Lipinski definition) is 0. The first-order chi connectivity index (χ1) is 12.7. The Hall–Kier alpha value is -3.14. The molecule has 1 heterocycles. The van der Waals surface area contributed by atoms with Crippen LogP contribution in [0.25, 0.3) is 10.8 Å². The van der Waals surface area contributed by atoms with Crippen LogP contribution in [0.15, 0.2) is 71.7 Å². The number of nitrogens with zero attached hydrogens (tertiary/aromatic N) is 1. The average molecular weight is 345 g/mol. The van der Waals surface area contributed by atoms with E-state index in [1.165, 1.54) is 7.11 Å². The maximum Gasteiger partial charge on any atom is 0.331 e. The van der Waals surface area contributed by atoms with Gasteiger partial charge in [0.25, 0.3) is 0 Å². The lowest BCUT2D eigenvalue weighted by atomic mass is 9.77. The van der Waals surface area contributed by atoms with Crippen molar-refractivity contribution in [2.24, 2.45) is 4.99 Å². The van der Waals surface area contributed by atoms with Gasteiger partial charge in [0.1, 0.15) is 5.75 Å². The largest absolute Gasteiger partial charge is 0.497 e. The Morgan fingerprint density at radius 1 is 0.923 bits per heavy atom. The van der Waals surface area contributed by atoms with Crippen LogP contribution in [0, 0.1) is 0 Å². The molecule has 4 rings (SSSR count). The normalized spacial score (nSPS) is 18.8. The number of rotatable bonds is 4.